The highest BCUT2D eigenvalue weighted by Gasteiger charge is 2.02. The van der Waals surface area contributed by atoms with Gasteiger partial charge in [-0.3, -0.25) is 5.32 Å². The summed E-state index contributed by atoms with van der Waals surface area (Å²) in [7, 11) is 3.36. The minimum atomic E-state index is -0.172. The van der Waals surface area contributed by atoms with Crippen LogP contribution in [0.15, 0.2) is 24.4 Å². The van der Waals surface area contributed by atoms with Crippen LogP contribution in [0.1, 0.15) is 0 Å². The van der Waals surface area contributed by atoms with Crippen LogP contribution in [0.2, 0.25) is 0 Å². The van der Waals surface area contributed by atoms with Crippen LogP contribution in [0.25, 0.3) is 0 Å². The van der Waals surface area contributed by atoms with Crippen LogP contribution in [-0.4, -0.2) is 30.0 Å². The monoisotopic (exact) mass is 165 g/mol. The van der Waals surface area contributed by atoms with Gasteiger partial charge in [-0.05, 0) is 12.1 Å². The lowest BCUT2D eigenvalue weighted by Crippen LogP contribution is -2.27. The molecule has 0 spiro atoms. The molecule has 1 aromatic rings. The van der Waals surface area contributed by atoms with Crippen LogP contribution in [0.5, 0.6) is 0 Å². The lowest BCUT2D eigenvalue weighted by Gasteiger charge is -2.10. The van der Waals surface area contributed by atoms with Crippen molar-refractivity contribution in [2.24, 2.45) is 0 Å². The van der Waals surface area contributed by atoms with E-state index in [2.05, 4.69) is 10.3 Å². The van der Waals surface area contributed by atoms with E-state index in [0.29, 0.717) is 5.82 Å². The highest BCUT2D eigenvalue weighted by atomic mass is 16.2. The van der Waals surface area contributed by atoms with Crippen LogP contribution in [0, 0.1) is 0 Å². The summed E-state index contributed by atoms with van der Waals surface area (Å²) < 4.78 is 0. The van der Waals surface area contributed by atoms with Crippen molar-refractivity contribution in [1.29, 1.82) is 0 Å². The number of urea groups is 1. The summed E-state index contributed by atoms with van der Waals surface area (Å²) in [6.07, 6.45) is 1.63. The van der Waals surface area contributed by atoms with Gasteiger partial charge in [0.05, 0.1) is 0 Å². The van der Waals surface area contributed by atoms with Gasteiger partial charge in [0.15, 0.2) is 0 Å². The molecule has 0 aliphatic carbocycles. The van der Waals surface area contributed by atoms with Gasteiger partial charge < -0.3 is 4.90 Å². The number of pyridine rings is 1. The van der Waals surface area contributed by atoms with E-state index >= 15 is 0 Å². The topological polar surface area (TPSA) is 45.2 Å². The van der Waals surface area contributed by atoms with Gasteiger partial charge in [-0.1, -0.05) is 6.07 Å². The summed E-state index contributed by atoms with van der Waals surface area (Å²) in [5.41, 5.74) is 0. The number of amides is 2. The normalized spacial score (nSPS) is 9.17. The molecular weight excluding hydrogens is 154 g/mol. The molecule has 0 atom stereocenters. The van der Waals surface area contributed by atoms with Crippen LogP contribution < -0.4 is 5.32 Å². The Morgan fingerprint density at radius 1 is 1.50 bits per heavy atom. The van der Waals surface area contributed by atoms with Crippen molar-refractivity contribution in [3.63, 3.8) is 0 Å². The van der Waals surface area contributed by atoms with Gasteiger partial charge in [-0.15, -0.1) is 0 Å². The van der Waals surface area contributed by atoms with Crippen LogP contribution in [-0.2, 0) is 0 Å². The number of hydrogen-bond acceptors (Lipinski definition) is 2. The Morgan fingerprint density at radius 2 is 2.25 bits per heavy atom. The van der Waals surface area contributed by atoms with E-state index in [1.165, 1.54) is 4.90 Å². The van der Waals surface area contributed by atoms with E-state index in [-0.39, 0.29) is 6.03 Å². The smallest absolute Gasteiger partial charge is 0.322 e. The Kier molecular flexibility index (Phi) is 2.63. The molecule has 0 unspecified atom stereocenters. The fourth-order valence-corrected chi connectivity index (χ4v) is 0.658. The number of hydrogen-bond donors (Lipinski definition) is 1. The SMILES string of the molecule is CN(C)C(=O)Nc1ccccn1. The third-order valence-corrected chi connectivity index (χ3v) is 1.31. The maximum atomic E-state index is 11.1. The molecule has 0 radical (unpaired) electrons. The quantitative estimate of drug-likeness (QED) is 0.679. The van der Waals surface area contributed by atoms with E-state index in [1.54, 1.807) is 32.4 Å². The maximum absolute atomic E-state index is 11.1. The molecule has 0 saturated heterocycles. The molecule has 0 aromatic carbocycles. The molecule has 64 valence electrons. The number of carbonyl (C=O) groups is 1. The molecule has 0 saturated carbocycles. The zero-order valence-corrected chi connectivity index (χ0v) is 7.11. The number of rotatable bonds is 1. The van der Waals surface area contributed by atoms with Gasteiger partial charge in [0.1, 0.15) is 5.82 Å². The summed E-state index contributed by atoms with van der Waals surface area (Å²) in [6, 6.07) is 5.18. The number of anilines is 1. The minimum Gasteiger partial charge on any atom is -0.331 e. The Bertz CT molecular complexity index is 258. The van der Waals surface area contributed by atoms with Gasteiger partial charge in [0.25, 0.3) is 0 Å². The minimum absolute atomic E-state index is 0.172. The van der Waals surface area contributed by atoms with Crippen molar-refractivity contribution in [2.45, 2.75) is 0 Å². The zero-order valence-electron chi connectivity index (χ0n) is 7.11. The molecular formula is C8H11N3O. The molecule has 4 heteroatoms. The molecule has 1 heterocycles. The highest BCUT2D eigenvalue weighted by molar-refractivity contribution is 5.87. The first kappa shape index (κ1) is 8.52. The summed E-state index contributed by atoms with van der Waals surface area (Å²) >= 11 is 0. The first-order valence-corrected chi connectivity index (χ1v) is 3.59. The highest BCUT2D eigenvalue weighted by Crippen LogP contribution is 1.99. The van der Waals surface area contributed by atoms with Crippen molar-refractivity contribution in [3.05, 3.63) is 24.4 Å². The number of carbonyl (C=O) groups excluding carboxylic acids is 1. The van der Waals surface area contributed by atoms with E-state index in [1.807, 2.05) is 6.07 Å². The maximum Gasteiger partial charge on any atom is 0.322 e. The second-order valence-electron chi connectivity index (χ2n) is 2.54. The van der Waals surface area contributed by atoms with Crippen LogP contribution in [0.4, 0.5) is 10.6 Å². The van der Waals surface area contributed by atoms with E-state index in [9.17, 15) is 4.79 Å². The average Bonchev–Trinajstić information content (AvgIpc) is 2.06. The van der Waals surface area contributed by atoms with Crippen molar-refractivity contribution in [2.75, 3.05) is 19.4 Å². The van der Waals surface area contributed by atoms with E-state index in [4.69, 9.17) is 0 Å². The third kappa shape index (κ3) is 2.23. The number of nitrogens with zero attached hydrogens (tertiary/aromatic N) is 2. The molecule has 1 N–H and O–H groups in total. The molecule has 0 aliphatic heterocycles. The molecule has 1 rings (SSSR count). The zero-order chi connectivity index (χ0) is 8.97. The van der Waals surface area contributed by atoms with E-state index < -0.39 is 0 Å². The fourth-order valence-electron chi connectivity index (χ4n) is 0.658. The van der Waals surface area contributed by atoms with Gasteiger partial charge >= 0.3 is 6.03 Å². The second-order valence-corrected chi connectivity index (χ2v) is 2.54. The van der Waals surface area contributed by atoms with Gasteiger partial charge in [0, 0.05) is 20.3 Å². The van der Waals surface area contributed by atoms with Crippen molar-refractivity contribution in [3.8, 4) is 0 Å². The van der Waals surface area contributed by atoms with Gasteiger partial charge in [-0.25, -0.2) is 9.78 Å². The fraction of sp³-hybridized carbons (Fsp3) is 0.250. The standard InChI is InChI=1S/C8H11N3O/c1-11(2)8(12)10-7-5-3-4-6-9-7/h3-6H,1-2H3,(H,9,10,12). The Hall–Kier alpha value is -1.58. The molecule has 0 fully saturated rings. The second kappa shape index (κ2) is 3.71. The molecule has 0 aliphatic rings. The predicted molar refractivity (Wildman–Crippen MR) is 46.9 cm³/mol. The Labute approximate surface area is 71.2 Å². The molecule has 1 aromatic heterocycles. The van der Waals surface area contributed by atoms with Gasteiger partial charge in [0.2, 0.25) is 0 Å². The Morgan fingerprint density at radius 3 is 2.75 bits per heavy atom. The first-order valence-electron chi connectivity index (χ1n) is 3.59. The summed E-state index contributed by atoms with van der Waals surface area (Å²) in [4.78, 5) is 16.5. The molecule has 2 amide bonds. The summed E-state index contributed by atoms with van der Waals surface area (Å²) in [5, 5.41) is 2.62. The van der Waals surface area contributed by atoms with E-state index in [0.717, 1.165) is 0 Å². The lowest BCUT2D eigenvalue weighted by molar-refractivity contribution is 0.230. The lowest BCUT2D eigenvalue weighted by atomic mass is 10.5. The molecule has 4 nitrogen and oxygen atoms in total. The largest absolute Gasteiger partial charge is 0.331 e. The Balaban J connectivity index is 2.59. The summed E-state index contributed by atoms with van der Waals surface area (Å²) in [6.45, 7) is 0. The van der Waals surface area contributed by atoms with Crippen molar-refractivity contribution < 1.29 is 4.79 Å². The summed E-state index contributed by atoms with van der Waals surface area (Å²) in [5.74, 6) is 0.566. The third-order valence-electron chi connectivity index (χ3n) is 1.31. The van der Waals surface area contributed by atoms with Gasteiger partial charge in [-0.2, -0.15) is 0 Å². The van der Waals surface area contributed by atoms with Crippen LogP contribution >= 0.6 is 0 Å². The predicted octanol–water partition coefficient (Wildman–Crippen LogP) is 1.18. The number of nitrogens with one attached hydrogen (secondary N) is 1. The number of aromatic nitrogens is 1. The van der Waals surface area contributed by atoms with Crippen molar-refractivity contribution >= 4 is 11.8 Å². The van der Waals surface area contributed by atoms with Crippen LogP contribution in [0.3, 0.4) is 0 Å². The first-order chi connectivity index (χ1) is 5.70. The van der Waals surface area contributed by atoms with Crippen molar-refractivity contribution in [1.82, 2.24) is 9.88 Å². The molecule has 12 heavy (non-hydrogen) atoms. The average molecular weight is 165 g/mol. The molecule has 0 bridgehead atoms.